The van der Waals surface area contributed by atoms with Crippen molar-refractivity contribution in [3.05, 3.63) is 40.4 Å². The highest BCUT2D eigenvalue weighted by atomic mass is 79.9. The van der Waals surface area contributed by atoms with E-state index < -0.39 is 0 Å². The van der Waals surface area contributed by atoms with Crippen molar-refractivity contribution in [1.29, 1.82) is 0 Å². The zero-order valence-electron chi connectivity index (χ0n) is 9.97. The lowest BCUT2D eigenvalue weighted by atomic mass is 10.2. The van der Waals surface area contributed by atoms with Gasteiger partial charge in [-0.15, -0.1) is 0 Å². The molecule has 1 heterocycles. The normalized spacial score (nSPS) is 10.3. The van der Waals surface area contributed by atoms with Crippen LogP contribution in [-0.2, 0) is 6.54 Å². The molecule has 0 aliphatic carbocycles. The molecular weight excluding hydrogens is 294 g/mol. The van der Waals surface area contributed by atoms with Crippen LogP contribution in [0.1, 0.15) is 5.56 Å². The molecule has 0 aliphatic rings. The molecule has 1 aromatic carbocycles. The number of aromatic nitrogens is 2. The van der Waals surface area contributed by atoms with Crippen molar-refractivity contribution in [3.8, 4) is 0 Å². The molecule has 5 nitrogen and oxygen atoms in total. The van der Waals surface area contributed by atoms with Gasteiger partial charge in [-0.1, -0.05) is 28.1 Å². The van der Waals surface area contributed by atoms with Crippen LogP contribution in [0.3, 0.4) is 0 Å². The molecule has 0 saturated carbocycles. The minimum Gasteiger partial charge on any atom is -0.383 e. The predicted molar refractivity (Wildman–Crippen MR) is 77.1 cm³/mol. The van der Waals surface area contributed by atoms with Crippen LogP contribution in [0, 0.1) is 0 Å². The van der Waals surface area contributed by atoms with Crippen LogP contribution >= 0.6 is 15.9 Å². The van der Waals surface area contributed by atoms with E-state index in [1.807, 2.05) is 24.1 Å². The highest BCUT2D eigenvalue weighted by molar-refractivity contribution is 9.10. The van der Waals surface area contributed by atoms with Crippen LogP contribution in [-0.4, -0.2) is 17.0 Å². The van der Waals surface area contributed by atoms with E-state index in [1.54, 1.807) is 6.07 Å². The van der Waals surface area contributed by atoms with E-state index in [4.69, 9.17) is 11.5 Å². The van der Waals surface area contributed by atoms with Gasteiger partial charge in [0, 0.05) is 24.1 Å². The molecule has 18 heavy (non-hydrogen) atoms. The van der Waals surface area contributed by atoms with E-state index in [9.17, 15) is 0 Å². The minimum absolute atomic E-state index is 0.188. The molecule has 1 aromatic heterocycles. The standard InChI is InChI=1S/C12H14BrN5/c1-18(7-8-2-4-9(13)5-3-8)11-6-10(14)16-12(15)17-11/h2-6H,7H2,1H3,(H4,14,15,16,17). The zero-order valence-corrected chi connectivity index (χ0v) is 11.6. The first-order valence-corrected chi connectivity index (χ1v) is 6.19. The number of hydrogen-bond donors (Lipinski definition) is 2. The molecule has 6 heteroatoms. The van der Waals surface area contributed by atoms with E-state index in [0.717, 1.165) is 11.0 Å². The van der Waals surface area contributed by atoms with Gasteiger partial charge in [0.25, 0.3) is 0 Å². The van der Waals surface area contributed by atoms with Crippen molar-refractivity contribution >= 4 is 33.5 Å². The van der Waals surface area contributed by atoms with E-state index >= 15 is 0 Å². The molecule has 0 amide bonds. The number of nitrogens with two attached hydrogens (primary N) is 2. The number of benzene rings is 1. The second-order valence-corrected chi connectivity index (χ2v) is 4.91. The van der Waals surface area contributed by atoms with Gasteiger partial charge in [-0.2, -0.15) is 9.97 Å². The third-order valence-corrected chi connectivity index (χ3v) is 3.00. The largest absolute Gasteiger partial charge is 0.383 e. The van der Waals surface area contributed by atoms with Gasteiger partial charge in [0.1, 0.15) is 11.6 Å². The van der Waals surface area contributed by atoms with E-state index in [1.165, 1.54) is 5.56 Å². The van der Waals surface area contributed by atoms with Gasteiger partial charge < -0.3 is 16.4 Å². The van der Waals surface area contributed by atoms with Crippen molar-refractivity contribution in [3.63, 3.8) is 0 Å². The van der Waals surface area contributed by atoms with Gasteiger partial charge in [-0.05, 0) is 17.7 Å². The van der Waals surface area contributed by atoms with Crippen LogP contribution < -0.4 is 16.4 Å². The topological polar surface area (TPSA) is 81.1 Å². The molecule has 2 rings (SSSR count). The average Bonchev–Trinajstić information content (AvgIpc) is 2.31. The Labute approximate surface area is 114 Å². The quantitative estimate of drug-likeness (QED) is 0.907. The fourth-order valence-corrected chi connectivity index (χ4v) is 1.88. The van der Waals surface area contributed by atoms with Crippen LogP contribution in [0.15, 0.2) is 34.8 Å². The third-order valence-electron chi connectivity index (χ3n) is 2.47. The summed E-state index contributed by atoms with van der Waals surface area (Å²) >= 11 is 3.41. The van der Waals surface area contributed by atoms with Crippen LogP contribution in [0.4, 0.5) is 17.6 Å². The smallest absolute Gasteiger partial charge is 0.223 e. The maximum atomic E-state index is 5.65. The molecular formula is C12H14BrN5. The van der Waals surface area contributed by atoms with Crippen molar-refractivity contribution in [2.75, 3.05) is 23.4 Å². The maximum absolute atomic E-state index is 5.65. The molecule has 0 saturated heterocycles. The molecule has 2 aromatic rings. The molecule has 94 valence electrons. The summed E-state index contributed by atoms with van der Waals surface area (Å²) in [4.78, 5) is 9.97. The Morgan fingerprint density at radius 2 is 1.83 bits per heavy atom. The summed E-state index contributed by atoms with van der Waals surface area (Å²) in [5, 5.41) is 0. The Balaban J connectivity index is 2.16. The highest BCUT2D eigenvalue weighted by Crippen LogP contribution is 2.17. The molecule has 0 aliphatic heterocycles. The third kappa shape index (κ3) is 3.10. The van der Waals surface area contributed by atoms with Crippen molar-refractivity contribution in [2.24, 2.45) is 0 Å². The Morgan fingerprint density at radius 3 is 2.44 bits per heavy atom. The fraction of sp³-hybridized carbons (Fsp3) is 0.167. The van der Waals surface area contributed by atoms with Crippen molar-refractivity contribution < 1.29 is 0 Å². The lowest BCUT2D eigenvalue weighted by Crippen LogP contribution is -2.18. The predicted octanol–water partition coefficient (Wildman–Crippen LogP) is 2.04. The van der Waals surface area contributed by atoms with Gasteiger partial charge in [-0.25, -0.2) is 0 Å². The van der Waals surface area contributed by atoms with Crippen LogP contribution in [0.2, 0.25) is 0 Å². The average molecular weight is 308 g/mol. The Kier molecular flexibility index (Phi) is 3.66. The fourth-order valence-electron chi connectivity index (χ4n) is 1.61. The minimum atomic E-state index is 0.188. The van der Waals surface area contributed by atoms with E-state index in [-0.39, 0.29) is 5.95 Å². The lowest BCUT2D eigenvalue weighted by molar-refractivity contribution is 0.894. The first kappa shape index (κ1) is 12.6. The molecule has 0 fully saturated rings. The van der Waals surface area contributed by atoms with Gasteiger partial charge in [0.05, 0.1) is 0 Å². The summed E-state index contributed by atoms with van der Waals surface area (Å²) in [6, 6.07) is 9.82. The van der Waals surface area contributed by atoms with E-state index in [0.29, 0.717) is 11.6 Å². The molecule has 0 spiro atoms. The lowest BCUT2D eigenvalue weighted by Gasteiger charge is -2.18. The van der Waals surface area contributed by atoms with Gasteiger partial charge >= 0.3 is 0 Å². The molecule has 0 bridgehead atoms. The van der Waals surface area contributed by atoms with Gasteiger partial charge in [0.15, 0.2) is 0 Å². The maximum Gasteiger partial charge on any atom is 0.223 e. The molecule has 4 N–H and O–H groups in total. The summed E-state index contributed by atoms with van der Waals surface area (Å²) in [5.74, 6) is 1.27. The number of nitrogens with zero attached hydrogens (tertiary/aromatic N) is 3. The molecule has 0 unspecified atom stereocenters. The number of nitrogen functional groups attached to an aromatic ring is 2. The number of halogens is 1. The Morgan fingerprint density at radius 1 is 1.17 bits per heavy atom. The molecule has 0 radical (unpaired) electrons. The summed E-state index contributed by atoms with van der Waals surface area (Å²) in [6.07, 6.45) is 0. The monoisotopic (exact) mass is 307 g/mol. The van der Waals surface area contributed by atoms with Crippen LogP contribution in [0.25, 0.3) is 0 Å². The summed E-state index contributed by atoms with van der Waals surface area (Å²) in [6.45, 7) is 0.725. The second-order valence-electron chi connectivity index (χ2n) is 3.99. The summed E-state index contributed by atoms with van der Waals surface area (Å²) in [7, 11) is 1.93. The Hall–Kier alpha value is -1.82. The number of anilines is 3. The molecule has 0 atom stereocenters. The first-order valence-electron chi connectivity index (χ1n) is 5.40. The SMILES string of the molecule is CN(Cc1ccc(Br)cc1)c1cc(N)nc(N)n1. The highest BCUT2D eigenvalue weighted by Gasteiger charge is 2.06. The number of rotatable bonds is 3. The van der Waals surface area contributed by atoms with Crippen LogP contribution in [0.5, 0.6) is 0 Å². The van der Waals surface area contributed by atoms with Gasteiger partial charge in [-0.3, -0.25) is 0 Å². The summed E-state index contributed by atoms with van der Waals surface area (Å²) in [5.41, 5.74) is 12.4. The van der Waals surface area contributed by atoms with Gasteiger partial charge in [0.2, 0.25) is 5.95 Å². The second kappa shape index (κ2) is 5.22. The summed E-state index contributed by atoms with van der Waals surface area (Å²) < 4.78 is 1.06. The van der Waals surface area contributed by atoms with Crippen molar-refractivity contribution in [1.82, 2.24) is 9.97 Å². The van der Waals surface area contributed by atoms with E-state index in [2.05, 4.69) is 38.0 Å². The number of hydrogen-bond acceptors (Lipinski definition) is 5. The zero-order chi connectivity index (χ0) is 13.1. The van der Waals surface area contributed by atoms with Crippen molar-refractivity contribution in [2.45, 2.75) is 6.54 Å². The first-order chi connectivity index (χ1) is 8.54. The Bertz CT molecular complexity index is 520.